The Bertz CT molecular complexity index is 1780. The van der Waals surface area contributed by atoms with E-state index in [1.54, 1.807) is 14.2 Å². The molecule has 0 saturated carbocycles. The van der Waals surface area contributed by atoms with Crippen LogP contribution in [0.1, 0.15) is 108 Å². The number of aryl methyl sites for hydroxylation is 1. The summed E-state index contributed by atoms with van der Waals surface area (Å²) in [5.41, 5.74) is 2.31. The first kappa shape index (κ1) is 46.7. The largest absolute Gasteiger partial charge is 0.497 e. The number of methoxy groups -OCH3 is 2. The van der Waals surface area contributed by atoms with Gasteiger partial charge in [0.2, 0.25) is 5.91 Å². The van der Waals surface area contributed by atoms with Crippen molar-refractivity contribution < 1.29 is 47.3 Å². The van der Waals surface area contributed by atoms with Crippen molar-refractivity contribution >= 4 is 32.2 Å². The smallest absolute Gasteiger partial charge is 0.333 e. The van der Waals surface area contributed by atoms with Gasteiger partial charge in [-0.3, -0.25) is 14.4 Å². The molecule has 13 nitrogen and oxygen atoms in total. The summed E-state index contributed by atoms with van der Waals surface area (Å²) in [6, 6.07) is 23.9. The lowest BCUT2D eigenvalue weighted by molar-refractivity contribution is -0.197. The van der Waals surface area contributed by atoms with Crippen molar-refractivity contribution in [3.63, 3.8) is 0 Å². The van der Waals surface area contributed by atoms with Gasteiger partial charge in [-0.05, 0) is 106 Å². The minimum atomic E-state index is -1.20. The number of ether oxygens (including phenoxy) is 3. The zero-order chi connectivity index (χ0) is 43.2. The molecule has 2 aliphatic heterocycles. The van der Waals surface area contributed by atoms with Gasteiger partial charge < -0.3 is 33.0 Å². The highest BCUT2D eigenvalue weighted by atomic mass is 31.2. The van der Waals surface area contributed by atoms with E-state index < -0.39 is 31.9 Å². The summed E-state index contributed by atoms with van der Waals surface area (Å²) in [6.45, 7) is 13.0. The average molecular weight is 848 g/mol. The van der Waals surface area contributed by atoms with Gasteiger partial charge in [-0.1, -0.05) is 55.5 Å². The molecule has 0 radical (unpaired) electrons. The Morgan fingerprint density at radius 3 is 1.77 bits per heavy atom. The molecule has 0 bridgehead atoms. The van der Waals surface area contributed by atoms with E-state index in [1.807, 2.05) is 77.7 Å². The van der Waals surface area contributed by atoms with Gasteiger partial charge in [0.15, 0.2) is 0 Å². The zero-order valence-corrected chi connectivity index (χ0v) is 37.1. The summed E-state index contributed by atoms with van der Waals surface area (Å²) >= 11 is 0. The van der Waals surface area contributed by atoms with Gasteiger partial charge in [-0.15, -0.1) is 5.06 Å². The van der Waals surface area contributed by atoms with E-state index in [-0.39, 0.29) is 50.0 Å². The van der Waals surface area contributed by atoms with Gasteiger partial charge in [0.1, 0.15) is 17.1 Å². The molecule has 2 aliphatic rings. The first-order valence-electron chi connectivity index (χ1n) is 21.1. The van der Waals surface area contributed by atoms with E-state index in [4.69, 9.17) is 28.1 Å². The number of piperidine rings is 1. The topological polar surface area (TPSA) is 133 Å². The number of nitrogens with zero attached hydrogens (tertiary/aromatic N) is 3. The molecule has 2 heterocycles. The van der Waals surface area contributed by atoms with Crippen molar-refractivity contribution in [2.75, 3.05) is 40.5 Å². The first-order valence-corrected chi connectivity index (χ1v) is 22.3. The summed E-state index contributed by atoms with van der Waals surface area (Å²) in [6.07, 6.45) is 3.70. The SMILES string of the molecule is CCCOP(OC1CCN(C(=O)CCCOC(c2ccc(CCC(=O)ON3C(=O)CCC3=O)cc2)(c2ccc(OC)cc2)c2ccc(OC)cc2)CC1)N(C(C)C)C(C)C. The van der Waals surface area contributed by atoms with E-state index in [9.17, 15) is 19.2 Å². The lowest BCUT2D eigenvalue weighted by atomic mass is 9.79. The minimum Gasteiger partial charge on any atom is -0.497 e. The number of hydrogen-bond donors (Lipinski definition) is 0. The fourth-order valence-electron chi connectivity index (χ4n) is 7.60. The maximum absolute atomic E-state index is 13.6. The van der Waals surface area contributed by atoms with Gasteiger partial charge >= 0.3 is 5.97 Å². The third-order valence-electron chi connectivity index (χ3n) is 10.7. The average Bonchev–Trinajstić information content (AvgIpc) is 3.57. The number of hydroxylamine groups is 2. The Morgan fingerprint density at radius 2 is 1.28 bits per heavy atom. The molecule has 2 fully saturated rings. The predicted molar refractivity (Wildman–Crippen MR) is 229 cm³/mol. The standard InChI is InChI=1S/C46H62N3O10P/c1-8-31-57-60(49(33(2)3)34(4)5)59-41-27-29-47(30-28-41)42(50)10-9-32-56-46(37-16-20-39(54-6)21-17-37,38-18-22-40(55-7)23-19-38)36-14-11-35(12-15-36)13-26-45(53)58-48-43(51)24-25-44(48)52/h11-12,14-23,33-34,41H,8-10,13,24-32H2,1-7H3. The maximum atomic E-state index is 13.6. The van der Waals surface area contributed by atoms with Gasteiger partial charge in [-0.25, -0.2) is 9.46 Å². The first-order chi connectivity index (χ1) is 28.9. The number of imide groups is 1. The number of rotatable bonds is 22. The van der Waals surface area contributed by atoms with Crippen LogP contribution in [0.5, 0.6) is 11.5 Å². The molecule has 3 aromatic carbocycles. The molecule has 0 N–H and O–H groups in total. The van der Waals surface area contributed by atoms with Crippen molar-refractivity contribution in [2.24, 2.45) is 0 Å². The molecule has 3 aromatic rings. The van der Waals surface area contributed by atoms with Crippen LogP contribution < -0.4 is 9.47 Å². The van der Waals surface area contributed by atoms with Crippen molar-refractivity contribution in [1.29, 1.82) is 0 Å². The van der Waals surface area contributed by atoms with Gasteiger partial charge in [0.25, 0.3) is 20.3 Å². The molecule has 0 spiro atoms. The monoisotopic (exact) mass is 847 g/mol. The van der Waals surface area contributed by atoms with E-state index in [0.29, 0.717) is 55.5 Å². The van der Waals surface area contributed by atoms with Crippen LogP contribution in [0.25, 0.3) is 0 Å². The Labute approximate surface area is 356 Å². The Hall–Kier alpha value is -4.39. The van der Waals surface area contributed by atoms with Crippen molar-refractivity contribution in [2.45, 2.75) is 116 Å². The molecule has 0 aromatic heterocycles. The molecular formula is C46H62N3O10P. The third kappa shape index (κ3) is 11.9. The van der Waals surface area contributed by atoms with Crippen LogP contribution in [-0.2, 0) is 49.8 Å². The Morgan fingerprint density at radius 1 is 0.767 bits per heavy atom. The van der Waals surface area contributed by atoms with Crippen LogP contribution in [0, 0.1) is 0 Å². The quantitative estimate of drug-likeness (QED) is 0.0420. The fourth-order valence-corrected chi connectivity index (χ4v) is 9.46. The second kappa shape index (κ2) is 22.5. The second-order valence-electron chi connectivity index (χ2n) is 15.7. The third-order valence-corrected chi connectivity index (χ3v) is 12.9. The van der Waals surface area contributed by atoms with Crippen LogP contribution in [0.15, 0.2) is 72.8 Å². The normalized spacial score (nSPS) is 15.6. The fraction of sp³-hybridized carbons (Fsp3) is 0.522. The van der Waals surface area contributed by atoms with E-state index in [2.05, 4.69) is 39.3 Å². The Kier molecular flexibility index (Phi) is 17.5. The molecule has 1 unspecified atom stereocenters. The minimum absolute atomic E-state index is 0.0166. The number of benzene rings is 3. The molecule has 14 heteroatoms. The van der Waals surface area contributed by atoms with Crippen LogP contribution in [-0.4, -0.2) is 97.0 Å². The van der Waals surface area contributed by atoms with Crippen LogP contribution in [0.4, 0.5) is 0 Å². The maximum Gasteiger partial charge on any atom is 0.333 e. The number of likely N-dealkylation sites (tertiary alicyclic amines) is 1. The molecule has 5 rings (SSSR count). The van der Waals surface area contributed by atoms with Crippen molar-refractivity contribution in [3.8, 4) is 11.5 Å². The summed E-state index contributed by atoms with van der Waals surface area (Å²) in [7, 11) is 2.04. The summed E-state index contributed by atoms with van der Waals surface area (Å²) in [5, 5.41) is 0.570. The van der Waals surface area contributed by atoms with Crippen LogP contribution in [0.3, 0.4) is 0 Å². The highest BCUT2D eigenvalue weighted by Gasteiger charge is 2.39. The second-order valence-corrected chi connectivity index (χ2v) is 17.1. The molecule has 326 valence electrons. The van der Waals surface area contributed by atoms with E-state index in [1.165, 1.54) is 0 Å². The highest BCUT2D eigenvalue weighted by molar-refractivity contribution is 7.44. The van der Waals surface area contributed by atoms with Gasteiger partial charge in [0.05, 0.1) is 33.4 Å². The van der Waals surface area contributed by atoms with Gasteiger partial charge in [-0.2, -0.15) is 0 Å². The predicted octanol–water partition coefficient (Wildman–Crippen LogP) is 8.11. The molecule has 0 aliphatic carbocycles. The van der Waals surface area contributed by atoms with E-state index >= 15 is 0 Å². The summed E-state index contributed by atoms with van der Waals surface area (Å²) in [5.74, 6) is -0.191. The molecular weight excluding hydrogens is 785 g/mol. The highest BCUT2D eigenvalue weighted by Crippen LogP contribution is 2.48. The number of carbonyl (C=O) groups is 4. The van der Waals surface area contributed by atoms with Crippen LogP contribution >= 0.6 is 8.53 Å². The molecule has 2 saturated heterocycles. The summed E-state index contributed by atoms with van der Waals surface area (Å²) < 4.78 is 33.2. The zero-order valence-electron chi connectivity index (χ0n) is 36.2. The lowest BCUT2D eigenvalue weighted by Crippen LogP contribution is -2.41. The molecule has 1 atom stereocenters. The lowest BCUT2D eigenvalue weighted by Gasteiger charge is -2.39. The van der Waals surface area contributed by atoms with E-state index in [0.717, 1.165) is 41.5 Å². The number of carbonyl (C=O) groups excluding carboxylic acids is 4. The molecule has 60 heavy (non-hydrogen) atoms. The Balaban J connectivity index is 1.28. The van der Waals surface area contributed by atoms with Gasteiger partial charge in [0, 0.05) is 51.0 Å². The summed E-state index contributed by atoms with van der Waals surface area (Å²) in [4.78, 5) is 57.0. The number of amides is 3. The molecule has 3 amide bonds. The van der Waals surface area contributed by atoms with Crippen molar-refractivity contribution in [3.05, 3.63) is 95.1 Å². The number of hydrogen-bond acceptors (Lipinski definition) is 11. The van der Waals surface area contributed by atoms with Crippen molar-refractivity contribution in [1.82, 2.24) is 14.6 Å². The van der Waals surface area contributed by atoms with Crippen LogP contribution in [0.2, 0.25) is 0 Å².